The molecule has 0 aliphatic heterocycles. The average molecular weight is 891 g/mol. The number of nitrogens with zero attached hydrogens (tertiary/aromatic N) is 3. The molecule has 0 unspecified atom stereocenters. The number of hydrogen-bond acceptors (Lipinski definition) is 3. The second kappa shape index (κ2) is 16.6. The van der Waals surface area contributed by atoms with E-state index in [1.807, 2.05) is 125 Å². The third-order valence-corrected chi connectivity index (χ3v) is 12.0. The minimum Gasteiger partial charge on any atom is -0.507 e. The van der Waals surface area contributed by atoms with E-state index in [2.05, 4.69) is 26.8 Å². The van der Waals surface area contributed by atoms with Crippen LogP contribution in [0.15, 0.2) is 140 Å². The Hall–Kier alpha value is -6.26. The van der Waals surface area contributed by atoms with Crippen molar-refractivity contribution in [3.05, 3.63) is 167 Å². The van der Waals surface area contributed by atoms with E-state index < -0.39 is 96.8 Å². The molecule has 0 fully saturated rings. The van der Waals surface area contributed by atoms with Crippen molar-refractivity contribution in [1.29, 1.82) is 0 Å². The van der Waals surface area contributed by atoms with Gasteiger partial charge in [-0.2, -0.15) is 0 Å². The van der Waals surface area contributed by atoms with Crippen LogP contribution >= 0.6 is 0 Å². The first-order valence-corrected chi connectivity index (χ1v) is 22.1. The van der Waals surface area contributed by atoms with E-state index in [0.29, 0.717) is 39.0 Å². The molecule has 6 aromatic carbocycles. The first kappa shape index (κ1) is 28.0. The first-order valence-electron chi connectivity index (χ1n) is 31.6. The maximum atomic E-state index is 12.8. The summed E-state index contributed by atoms with van der Waals surface area (Å²) >= 11 is 0. The molecule has 0 radical (unpaired) electrons. The number of benzene rings is 6. The highest BCUT2D eigenvalue weighted by Crippen LogP contribution is 2.46. The molecule has 338 valence electrons. The molecular weight excluding hydrogens is 803 g/mol. The van der Waals surface area contributed by atoms with Crippen LogP contribution in [-0.2, 0) is 27.1 Å². The number of phenols is 1. The third-order valence-electron chi connectivity index (χ3n) is 12.0. The molecule has 8 aromatic rings. The fourth-order valence-electron chi connectivity index (χ4n) is 8.27. The Kier molecular flexibility index (Phi) is 7.04. The zero-order valence-electron chi connectivity index (χ0n) is 58.3. The standard InChI is InChI=1S/C62H69N3O/c1-58(2,3)45-27-24-40(25-28-45)42-30-31-63-52(36-42)44-32-43(33-46(34-44)59(4,5)6)48-22-19-23-54-55(48)64-57(49-37-47(60(7,8)9)38-51(56(49)66)62(13,14)15)65(54)53-29-26-41(35-50(53)61(10,11)12)39-20-17-16-18-21-39/h16-38,66H,1-15H3/i1D3,2D3,3D3,13D3,14D3,24D,25D,27D,28D. The van der Waals surface area contributed by atoms with Crippen molar-refractivity contribution in [1.82, 2.24) is 14.5 Å². The van der Waals surface area contributed by atoms with E-state index in [1.54, 1.807) is 6.07 Å². The molecule has 2 heterocycles. The van der Waals surface area contributed by atoms with Gasteiger partial charge in [0.05, 0.1) is 33.5 Å². The van der Waals surface area contributed by atoms with Crippen molar-refractivity contribution in [3.8, 4) is 67.5 Å². The second-order valence-electron chi connectivity index (χ2n) is 20.6. The Labute approximate surface area is 421 Å². The van der Waals surface area contributed by atoms with Gasteiger partial charge in [-0.1, -0.05) is 188 Å². The number of imidazole rings is 1. The van der Waals surface area contributed by atoms with Gasteiger partial charge in [0.25, 0.3) is 0 Å². The Bertz CT molecular complexity index is 3820. The highest BCUT2D eigenvalue weighted by Gasteiger charge is 2.31. The van der Waals surface area contributed by atoms with Crippen molar-refractivity contribution in [2.24, 2.45) is 0 Å². The summed E-state index contributed by atoms with van der Waals surface area (Å²) in [6.45, 7) is 1.32. The van der Waals surface area contributed by atoms with Gasteiger partial charge >= 0.3 is 0 Å². The summed E-state index contributed by atoms with van der Waals surface area (Å²) in [6.07, 6.45) is 1.38. The SMILES string of the molecule is [2H]c1c([2H])c(C(C([2H])([2H])[2H])(C([2H])([2H])[2H])C([2H])([2H])[2H])c([2H])c([2H])c1-c1ccnc(-c2cc(-c3cccc4c3nc(-c3cc(C(C)(C)C)cc(C(C)(C([2H])([2H])[2H])C([2H])([2H])[2H])c3O)n4-c3ccc(-c4ccccc4)cc3C(C)(C)C)cc(C(C)(C)C)c2)c1. The molecule has 8 rings (SSSR count). The number of aromatic nitrogens is 3. The Morgan fingerprint density at radius 1 is 0.485 bits per heavy atom. The molecule has 1 N–H and O–H groups in total. The molecule has 0 atom stereocenters. The summed E-state index contributed by atoms with van der Waals surface area (Å²) in [5, 5.41) is 12.8. The van der Waals surface area contributed by atoms with E-state index in [1.165, 1.54) is 24.4 Å². The summed E-state index contributed by atoms with van der Waals surface area (Å²) in [5.41, 5.74) is -2.07. The molecule has 0 aliphatic carbocycles. The second-order valence-corrected chi connectivity index (χ2v) is 20.6. The van der Waals surface area contributed by atoms with Crippen molar-refractivity contribution in [3.63, 3.8) is 0 Å². The maximum absolute atomic E-state index is 12.8. The van der Waals surface area contributed by atoms with Crippen LogP contribution in [0.1, 0.15) is 157 Å². The molecule has 0 spiro atoms. The van der Waals surface area contributed by atoms with Crippen LogP contribution in [0, 0.1) is 0 Å². The lowest BCUT2D eigenvalue weighted by Gasteiger charge is -2.28. The van der Waals surface area contributed by atoms with Gasteiger partial charge < -0.3 is 5.11 Å². The van der Waals surface area contributed by atoms with Crippen molar-refractivity contribution in [2.45, 2.75) is 131 Å². The van der Waals surface area contributed by atoms with Crippen LogP contribution in [0.4, 0.5) is 0 Å². The normalized spacial score (nSPS) is 18.0. The number of hydrogen-bond donors (Lipinski definition) is 1. The number of para-hydroxylation sites is 1. The van der Waals surface area contributed by atoms with Gasteiger partial charge in [0.1, 0.15) is 11.6 Å². The minimum atomic E-state index is -3.85. The van der Waals surface area contributed by atoms with Crippen LogP contribution in [0.2, 0.25) is 0 Å². The molecule has 2 aromatic heterocycles. The Morgan fingerprint density at radius 2 is 1.14 bits per heavy atom. The largest absolute Gasteiger partial charge is 0.507 e. The van der Waals surface area contributed by atoms with E-state index in [9.17, 15) is 7.85 Å². The van der Waals surface area contributed by atoms with Crippen molar-refractivity contribution in [2.75, 3.05) is 0 Å². The van der Waals surface area contributed by atoms with Crippen LogP contribution in [0.3, 0.4) is 0 Å². The van der Waals surface area contributed by atoms with Crippen LogP contribution < -0.4 is 0 Å². The number of phenolic OH excluding ortho intramolecular Hbond substituents is 1. The average Bonchev–Trinajstić information content (AvgIpc) is 3.32. The smallest absolute Gasteiger partial charge is 0.149 e. The van der Waals surface area contributed by atoms with Crippen LogP contribution in [-0.4, -0.2) is 19.6 Å². The molecule has 0 saturated carbocycles. The van der Waals surface area contributed by atoms with Gasteiger partial charge in [-0.05, 0) is 126 Å². The van der Waals surface area contributed by atoms with Crippen LogP contribution in [0.25, 0.3) is 72.7 Å². The summed E-state index contributed by atoms with van der Waals surface area (Å²) in [6, 6.07) is 29.5. The molecule has 4 heteroatoms. The summed E-state index contributed by atoms with van der Waals surface area (Å²) in [7, 11) is 0. The fraction of sp³-hybridized carbons (Fsp3) is 0.323. The Balaban J connectivity index is 1.45. The Morgan fingerprint density at radius 3 is 1.79 bits per heavy atom. The molecular formula is C62H69N3O. The van der Waals surface area contributed by atoms with E-state index in [4.69, 9.17) is 33.3 Å². The molecule has 0 amide bonds. The van der Waals surface area contributed by atoms with Gasteiger partial charge in [-0.25, -0.2) is 4.98 Å². The van der Waals surface area contributed by atoms with Crippen LogP contribution in [0.5, 0.6) is 5.75 Å². The van der Waals surface area contributed by atoms with Gasteiger partial charge in [0.15, 0.2) is 0 Å². The van der Waals surface area contributed by atoms with E-state index in [0.717, 1.165) is 29.2 Å². The summed E-state index contributed by atoms with van der Waals surface area (Å²) < 4.78 is 165. The summed E-state index contributed by atoms with van der Waals surface area (Å²) in [4.78, 5) is 10.2. The third kappa shape index (κ3) is 9.12. The lowest BCUT2D eigenvalue weighted by atomic mass is 9.78. The molecule has 4 nitrogen and oxygen atoms in total. The van der Waals surface area contributed by atoms with Gasteiger partial charge in [-0.3, -0.25) is 9.55 Å². The minimum absolute atomic E-state index is 0.0710. The van der Waals surface area contributed by atoms with E-state index in [-0.39, 0.29) is 33.8 Å². The molecule has 0 aliphatic rings. The molecule has 66 heavy (non-hydrogen) atoms. The number of rotatable bonds is 6. The number of fused-ring (bicyclic) bond motifs is 1. The summed E-state index contributed by atoms with van der Waals surface area (Å²) in [5.74, 6) is -0.380. The van der Waals surface area contributed by atoms with Crippen molar-refractivity contribution >= 4 is 11.0 Å². The lowest BCUT2D eigenvalue weighted by Crippen LogP contribution is -2.18. The monoisotopic (exact) mass is 891 g/mol. The fourth-order valence-corrected chi connectivity index (χ4v) is 8.27. The topological polar surface area (TPSA) is 50.9 Å². The highest BCUT2D eigenvalue weighted by atomic mass is 16.3. The van der Waals surface area contributed by atoms with Gasteiger partial charge in [-0.15, -0.1) is 0 Å². The van der Waals surface area contributed by atoms with Gasteiger partial charge in [0.2, 0.25) is 0 Å². The predicted octanol–water partition coefficient (Wildman–Crippen LogP) is 16.9. The quantitative estimate of drug-likeness (QED) is 0.181. The predicted molar refractivity (Wildman–Crippen MR) is 281 cm³/mol. The van der Waals surface area contributed by atoms with Crippen molar-refractivity contribution < 1.29 is 31.2 Å². The zero-order chi connectivity index (χ0) is 63.7. The maximum Gasteiger partial charge on any atom is 0.149 e. The molecule has 0 saturated heterocycles. The first-order chi connectivity index (χ1) is 38.7. The number of pyridine rings is 1. The highest BCUT2D eigenvalue weighted by molar-refractivity contribution is 5.97. The van der Waals surface area contributed by atoms with E-state index >= 15 is 0 Å². The van der Waals surface area contributed by atoms with Gasteiger partial charge in [0, 0.05) is 43.4 Å². The number of aromatic hydroxyl groups is 1. The zero-order valence-corrected chi connectivity index (χ0v) is 39.3. The lowest BCUT2D eigenvalue weighted by molar-refractivity contribution is 0.446. The molecule has 0 bridgehead atoms.